The third-order valence-corrected chi connectivity index (χ3v) is 4.53. The molecule has 4 heterocycles. The number of aromatic nitrogens is 6. The van der Waals surface area contributed by atoms with Gasteiger partial charge in [0.05, 0.1) is 23.5 Å². The highest BCUT2D eigenvalue weighted by atomic mass is 16.5. The number of nitrogen functional groups attached to an aromatic ring is 1. The molecule has 0 saturated carbocycles. The van der Waals surface area contributed by atoms with Gasteiger partial charge >= 0.3 is 0 Å². The maximum absolute atomic E-state index is 8.90. The van der Waals surface area contributed by atoms with Gasteiger partial charge in [-0.3, -0.25) is 10.7 Å². The molecule has 0 saturated heterocycles. The van der Waals surface area contributed by atoms with E-state index in [1.165, 1.54) is 4.52 Å². The van der Waals surface area contributed by atoms with Gasteiger partial charge in [-0.05, 0) is 36.2 Å². The molecule has 4 aromatic heterocycles. The number of nitrogens with zero attached hydrogens (tertiary/aromatic N) is 6. The lowest BCUT2D eigenvalue weighted by Gasteiger charge is -2.05. The summed E-state index contributed by atoms with van der Waals surface area (Å²) >= 11 is 0. The first kappa shape index (κ1) is 16.3. The van der Waals surface area contributed by atoms with Crippen LogP contribution in [0, 0.1) is 0 Å². The van der Waals surface area contributed by atoms with Crippen molar-refractivity contribution in [2.45, 2.75) is 13.0 Å². The van der Waals surface area contributed by atoms with E-state index in [1.807, 2.05) is 24.3 Å². The van der Waals surface area contributed by atoms with Crippen LogP contribution < -0.4 is 11.2 Å². The second kappa shape index (κ2) is 6.35. The summed E-state index contributed by atoms with van der Waals surface area (Å²) in [5.74, 6) is 1.23. The van der Waals surface area contributed by atoms with Crippen LogP contribution in [-0.2, 0) is 13.0 Å². The van der Waals surface area contributed by atoms with E-state index in [9.17, 15) is 0 Å². The Balaban J connectivity index is 1.50. The van der Waals surface area contributed by atoms with E-state index in [-0.39, 0.29) is 5.95 Å². The van der Waals surface area contributed by atoms with E-state index >= 15 is 0 Å². The third-order valence-electron chi connectivity index (χ3n) is 4.53. The predicted octanol–water partition coefficient (Wildman–Crippen LogP) is 2.36. The number of anilines is 2. The molecule has 10 heteroatoms. The zero-order chi connectivity index (χ0) is 19.1. The summed E-state index contributed by atoms with van der Waals surface area (Å²) in [7, 11) is 0. The number of aryl methyl sites for hydroxylation is 2. The van der Waals surface area contributed by atoms with Crippen molar-refractivity contribution in [1.29, 1.82) is 0 Å². The number of fused-ring (bicyclic) bond motifs is 3. The Morgan fingerprint density at radius 1 is 1.11 bits per heavy atom. The zero-order valence-corrected chi connectivity index (χ0v) is 14.6. The summed E-state index contributed by atoms with van der Waals surface area (Å²) in [6, 6.07) is 11.1. The summed E-state index contributed by atoms with van der Waals surface area (Å²) in [6.07, 6.45) is 4.04. The second-order valence-electron chi connectivity index (χ2n) is 6.28. The third kappa shape index (κ3) is 2.63. The van der Waals surface area contributed by atoms with Crippen LogP contribution in [0.25, 0.3) is 28.3 Å². The second-order valence-corrected chi connectivity index (χ2v) is 6.28. The fraction of sp³-hybridized carbons (Fsp3) is 0.111. The fourth-order valence-electron chi connectivity index (χ4n) is 3.11. The van der Waals surface area contributed by atoms with Crippen LogP contribution in [0.3, 0.4) is 0 Å². The lowest BCUT2D eigenvalue weighted by molar-refractivity contribution is 0.389. The molecule has 10 nitrogen and oxygen atoms in total. The van der Waals surface area contributed by atoms with Crippen molar-refractivity contribution < 1.29 is 9.62 Å². The lowest BCUT2D eigenvalue weighted by Crippen LogP contribution is -2.07. The summed E-state index contributed by atoms with van der Waals surface area (Å²) < 4.78 is 8.66. The smallest absolute Gasteiger partial charge is 0.225 e. The van der Waals surface area contributed by atoms with Gasteiger partial charge in [0, 0.05) is 6.54 Å². The molecule has 5 aromatic rings. The number of nitrogens with two attached hydrogens (primary N) is 1. The van der Waals surface area contributed by atoms with Crippen molar-refractivity contribution in [2.75, 3.05) is 11.2 Å². The van der Waals surface area contributed by atoms with Crippen molar-refractivity contribution in [2.24, 2.45) is 0 Å². The normalized spacial score (nSPS) is 11.5. The van der Waals surface area contributed by atoms with E-state index in [1.54, 1.807) is 29.3 Å². The molecule has 5 rings (SSSR count). The first-order chi connectivity index (χ1) is 13.7. The van der Waals surface area contributed by atoms with Gasteiger partial charge in [0.2, 0.25) is 11.8 Å². The molecule has 0 radical (unpaired) electrons. The van der Waals surface area contributed by atoms with Gasteiger partial charge in [0.25, 0.3) is 0 Å². The molecule has 0 amide bonds. The van der Waals surface area contributed by atoms with Gasteiger partial charge in [-0.1, -0.05) is 12.1 Å². The summed E-state index contributed by atoms with van der Waals surface area (Å²) in [4.78, 5) is 9.01. The van der Waals surface area contributed by atoms with Crippen molar-refractivity contribution in [1.82, 2.24) is 29.4 Å². The van der Waals surface area contributed by atoms with Crippen LogP contribution in [0.4, 0.5) is 11.6 Å². The van der Waals surface area contributed by atoms with Crippen molar-refractivity contribution in [3.63, 3.8) is 0 Å². The minimum absolute atomic E-state index is 0.230. The summed E-state index contributed by atoms with van der Waals surface area (Å²) in [5.41, 5.74) is 11.2. The minimum atomic E-state index is 0.230. The first-order valence-electron chi connectivity index (χ1n) is 8.63. The number of rotatable bonds is 5. The van der Waals surface area contributed by atoms with Crippen molar-refractivity contribution in [3.8, 4) is 11.6 Å². The first-order valence-corrected chi connectivity index (χ1v) is 8.63. The Labute approximate surface area is 158 Å². The molecule has 28 heavy (non-hydrogen) atoms. The molecule has 0 spiro atoms. The van der Waals surface area contributed by atoms with Gasteiger partial charge in [0.1, 0.15) is 0 Å². The Kier molecular flexibility index (Phi) is 3.69. The molecule has 0 aliphatic carbocycles. The topological polar surface area (TPSA) is 132 Å². The van der Waals surface area contributed by atoms with Gasteiger partial charge in [0.15, 0.2) is 17.1 Å². The summed E-state index contributed by atoms with van der Waals surface area (Å²) in [6.45, 7) is 0.622. The number of nitrogens with one attached hydrogen (secondary N) is 1. The quantitative estimate of drug-likeness (QED) is 0.398. The van der Waals surface area contributed by atoms with Crippen LogP contribution in [0.2, 0.25) is 0 Å². The molecule has 0 aliphatic heterocycles. The minimum Gasteiger partial charge on any atom is -0.461 e. The fourth-order valence-corrected chi connectivity index (χ4v) is 3.11. The van der Waals surface area contributed by atoms with Gasteiger partial charge < -0.3 is 10.2 Å². The molecule has 4 N–H and O–H groups in total. The maximum Gasteiger partial charge on any atom is 0.225 e. The number of furan rings is 1. The lowest BCUT2D eigenvalue weighted by atomic mass is 10.1. The number of benzene rings is 1. The Morgan fingerprint density at radius 3 is 2.71 bits per heavy atom. The average molecular weight is 376 g/mol. The van der Waals surface area contributed by atoms with Gasteiger partial charge in [-0.25, -0.2) is 9.67 Å². The predicted molar refractivity (Wildman–Crippen MR) is 102 cm³/mol. The van der Waals surface area contributed by atoms with Crippen molar-refractivity contribution >= 4 is 28.3 Å². The van der Waals surface area contributed by atoms with Crippen molar-refractivity contribution in [3.05, 3.63) is 54.4 Å². The Morgan fingerprint density at radius 2 is 1.96 bits per heavy atom. The highest BCUT2D eigenvalue weighted by molar-refractivity contribution is 5.90. The monoisotopic (exact) mass is 376 g/mol. The number of hydrogen-bond donors (Lipinski definition) is 3. The maximum atomic E-state index is 8.90. The van der Waals surface area contributed by atoms with E-state index in [0.29, 0.717) is 35.1 Å². The molecular formula is C18H16N8O2. The Hall–Kier alpha value is -3.92. The molecule has 1 aromatic carbocycles. The Bertz CT molecular complexity index is 1250. The molecule has 0 atom stereocenters. The van der Waals surface area contributed by atoms with E-state index in [4.69, 9.17) is 15.4 Å². The van der Waals surface area contributed by atoms with Crippen LogP contribution in [0.5, 0.6) is 0 Å². The standard InChI is InChI=1S/C18H16N8O2/c19-18-22-16-13(17-21-15(23-26(17)18)14-2-1-9-28-14)10-20-25(16)8-7-11-3-5-12(24-27)6-4-11/h1-6,9-10,24,27H,7-8H2,(H2,19,22). The average Bonchev–Trinajstić information content (AvgIpc) is 3.45. The molecule has 0 bridgehead atoms. The molecule has 0 fully saturated rings. The molecule has 140 valence electrons. The molecular weight excluding hydrogens is 360 g/mol. The van der Waals surface area contributed by atoms with E-state index in [2.05, 4.69) is 25.6 Å². The highest BCUT2D eigenvalue weighted by Gasteiger charge is 2.17. The van der Waals surface area contributed by atoms with Crippen LogP contribution in [-0.4, -0.2) is 34.6 Å². The van der Waals surface area contributed by atoms with Crippen LogP contribution in [0.1, 0.15) is 5.56 Å². The van der Waals surface area contributed by atoms with Crippen LogP contribution in [0.15, 0.2) is 53.3 Å². The molecule has 0 aliphatic rings. The SMILES string of the molecule is Nc1nc2c(cnn2CCc2ccc(NO)cc2)c2nc(-c3ccco3)nn12. The van der Waals surface area contributed by atoms with E-state index in [0.717, 1.165) is 17.4 Å². The van der Waals surface area contributed by atoms with Gasteiger partial charge in [-0.2, -0.15) is 14.6 Å². The van der Waals surface area contributed by atoms with Crippen LogP contribution >= 0.6 is 0 Å². The summed E-state index contributed by atoms with van der Waals surface area (Å²) in [5, 5.41) is 18.5. The molecule has 0 unspecified atom stereocenters. The van der Waals surface area contributed by atoms with Gasteiger partial charge in [-0.15, -0.1) is 5.10 Å². The number of hydrogen-bond acceptors (Lipinski definition) is 8. The van der Waals surface area contributed by atoms with E-state index < -0.39 is 0 Å². The zero-order valence-electron chi connectivity index (χ0n) is 14.6. The highest BCUT2D eigenvalue weighted by Crippen LogP contribution is 2.23. The largest absolute Gasteiger partial charge is 0.461 e.